The van der Waals surface area contributed by atoms with Gasteiger partial charge in [0.25, 0.3) is 5.91 Å². The van der Waals surface area contributed by atoms with Gasteiger partial charge in [0.15, 0.2) is 0 Å². The molecule has 1 N–H and O–H groups in total. The van der Waals surface area contributed by atoms with Gasteiger partial charge in [0.1, 0.15) is 5.75 Å². The van der Waals surface area contributed by atoms with Crippen molar-refractivity contribution in [3.05, 3.63) is 54.1 Å². The van der Waals surface area contributed by atoms with Crippen molar-refractivity contribution in [3.8, 4) is 5.75 Å². The van der Waals surface area contributed by atoms with E-state index < -0.39 is 0 Å². The number of hydrogen-bond donors (Lipinski definition) is 1. The van der Waals surface area contributed by atoms with Gasteiger partial charge in [0.2, 0.25) is 0 Å². The van der Waals surface area contributed by atoms with Gasteiger partial charge in [-0.3, -0.25) is 4.79 Å². The van der Waals surface area contributed by atoms with E-state index in [1.54, 1.807) is 0 Å². The molecule has 0 aliphatic carbocycles. The van der Waals surface area contributed by atoms with Crippen molar-refractivity contribution in [2.45, 2.75) is 26.2 Å². The Balaban J connectivity index is 1.51. The van der Waals surface area contributed by atoms with Crippen LogP contribution in [0.25, 0.3) is 0 Å². The number of piperazine rings is 1. The lowest BCUT2D eigenvalue weighted by atomic mass is 10.2. The third kappa shape index (κ3) is 5.73. The number of unbranched alkanes of at least 4 members (excludes halogenated alkanes) is 2. The minimum Gasteiger partial charge on any atom is -0.494 e. The fourth-order valence-corrected chi connectivity index (χ4v) is 3.27. The maximum atomic E-state index is 12.5. The van der Waals surface area contributed by atoms with Gasteiger partial charge in [-0.15, -0.1) is 0 Å². The third-order valence-electron chi connectivity index (χ3n) is 5.13. The van der Waals surface area contributed by atoms with Crippen molar-refractivity contribution in [2.24, 2.45) is 0 Å². The number of anilines is 2. The molecule has 0 bridgehead atoms. The van der Waals surface area contributed by atoms with E-state index in [4.69, 9.17) is 4.74 Å². The molecule has 1 amide bonds. The Bertz CT molecular complexity index is 735. The van der Waals surface area contributed by atoms with E-state index in [1.807, 2.05) is 36.4 Å². The van der Waals surface area contributed by atoms with E-state index in [9.17, 15) is 4.79 Å². The molecule has 0 unspecified atom stereocenters. The minimum atomic E-state index is -0.107. The van der Waals surface area contributed by atoms with E-state index in [2.05, 4.69) is 41.2 Å². The van der Waals surface area contributed by atoms with E-state index in [1.165, 1.54) is 18.5 Å². The van der Waals surface area contributed by atoms with Crippen LogP contribution < -0.4 is 15.0 Å². The number of hydrogen-bond acceptors (Lipinski definition) is 4. The highest BCUT2D eigenvalue weighted by Gasteiger charge is 2.14. The van der Waals surface area contributed by atoms with Crippen LogP contribution in [0.5, 0.6) is 5.75 Å². The average Bonchev–Trinajstić information content (AvgIpc) is 2.73. The van der Waals surface area contributed by atoms with E-state index in [0.29, 0.717) is 5.56 Å². The van der Waals surface area contributed by atoms with E-state index in [-0.39, 0.29) is 5.91 Å². The van der Waals surface area contributed by atoms with Crippen molar-refractivity contribution in [3.63, 3.8) is 0 Å². The largest absolute Gasteiger partial charge is 0.494 e. The first kappa shape index (κ1) is 20.2. The maximum Gasteiger partial charge on any atom is 0.255 e. The molecule has 2 aromatic carbocycles. The van der Waals surface area contributed by atoms with Crippen LogP contribution >= 0.6 is 0 Å². The third-order valence-corrected chi connectivity index (χ3v) is 5.13. The standard InChI is InChI=1S/C23H31N3O2/c1-3-4-5-18-28-22-12-6-19(7-13-22)23(27)24-20-8-10-21(11-9-20)26-16-14-25(2)15-17-26/h6-13H,3-5,14-18H2,1-2H3,(H,24,27). The lowest BCUT2D eigenvalue weighted by molar-refractivity contribution is 0.102. The van der Waals surface area contributed by atoms with E-state index in [0.717, 1.165) is 50.6 Å². The van der Waals surface area contributed by atoms with Crippen LogP contribution in [0, 0.1) is 0 Å². The first-order chi connectivity index (χ1) is 13.7. The Morgan fingerprint density at radius 2 is 1.64 bits per heavy atom. The summed E-state index contributed by atoms with van der Waals surface area (Å²) in [4.78, 5) is 17.2. The second-order valence-electron chi connectivity index (χ2n) is 7.37. The van der Waals surface area contributed by atoms with Crippen LogP contribution in [0.1, 0.15) is 36.5 Å². The zero-order valence-corrected chi connectivity index (χ0v) is 17.0. The quantitative estimate of drug-likeness (QED) is 0.694. The highest BCUT2D eigenvalue weighted by atomic mass is 16.5. The number of benzene rings is 2. The molecule has 150 valence electrons. The zero-order valence-electron chi connectivity index (χ0n) is 17.0. The summed E-state index contributed by atoms with van der Waals surface area (Å²) in [6, 6.07) is 15.4. The molecule has 5 heteroatoms. The van der Waals surface area contributed by atoms with Gasteiger partial charge < -0.3 is 19.9 Å². The predicted octanol–water partition coefficient (Wildman–Crippen LogP) is 4.26. The molecule has 1 aliphatic heterocycles. The summed E-state index contributed by atoms with van der Waals surface area (Å²) in [6.07, 6.45) is 3.41. The molecule has 1 aliphatic rings. The molecule has 0 atom stereocenters. The molecule has 0 saturated carbocycles. The van der Waals surface area contributed by atoms with Crippen LogP contribution in [0.15, 0.2) is 48.5 Å². The SMILES string of the molecule is CCCCCOc1ccc(C(=O)Nc2ccc(N3CCN(C)CC3)cc2)cc1. The smallest absolute Gasteiger partial charge is 0.255 e. The number of ether oxygens (including phenoxy) is 1. The normalized spacial score (nSPS) is 14.7. The highest BCUT2D eigenvalue weighted by Crippen LogP contribution is 2.20. The van der Waals surface area contributed by atoms with Gasteiger partial charge in [-0.1, -0.05) is 19.8 Å². The summed E-state index contributed by atoms with van der Waals surface area (Å²) in [7, 11) is 2.15. The molecule has 5 nitrogen and oxygen atoms in total. The lowest BCUT2D eigenvalue weighted by Gasteiger charge is -2.34. The first-order valence-corrected chi connectivity index (χ1v) is 10.2. The lowest BCUT2D eigenvalue weighted by Crippen LogP contribution is -2.44. The molecule has 1 fully saturated rings. The molecule has 0 radical (unpaired) electrons. The monoisotopic (exact) mass is 381 g/mol. The summed E-state index contributed by atoms with van der Waals surface area (Å²) in [5, 5.41) is 2.97. The Hall–Kier alpha value is -2.53. The van der Waals surface area contributed by atoms with Crippen molar-refractivity contribution in [1.82, 2.24) is 4.90 Å². The van der Waals surface area contributed by atoms with Gasteiger partial charge in [-0.05, 0) is 62.0 Å². The Morgan fingerprint density at radius 1 is 0.964 bits per heavy atom. The number of likely N-dealkylation sites (N-methyl/N-ethyl adjacent to an activating group) is 1. The second-order valence-corrected chi connectivity index (χ2v) is 7.37. The molecular formula is C23H31N3O2. The number of nitrogens with one attached hydrogen (secondary N) is 1. The summed E-state index contributed by atoms with van der Waals surface area (Å²) < 4.78 is 5.70. The average molecular weight is 382 g/mol. The number of nitrogens with zero attached hydrogens (tertiary/aromatic N) is 2. The van der Waals surface area contributed by atoms with Gasteiger partial charge >= 0.3 is 0 Å². The Kier molecular flexibility index (Phi) is 7.31. The molecule has 2 aromatic rings. The van der Waals surface area contributed by atoms with Crippen LogP contribution in [0.4, 0.5) is 11.4 Å². The summed E-state index contributed by atoms with van der Waals surface area (Å²) >= 11 is 0. The Morgan fingerprint density at radius 3 is 2.29 bits per heavy atom. The number of carbonyl (C=O) groups excluding carboxylic acids is 1. The van der Waals surface area contributed by atoms with Crippen molar-refractivity contribution in [2.75, 3.05) is 50.1 Å². The predicted molar refractivity (Wildman–Crippen MR) is 116 cm³/mol. The molecule has 0 spiro atoms. The molecule has 1 saturated heterocycles. The van der Waals surface area contributed by atoms with E-state index >= 15 is 0 Å². The fraction of sp³-hybridized carbons (Fsp3) is 0.435. The molecule has 28 heavy (non-hydrogen) atoms. The molecular weight excluding hydrogens is 350 g/mol. The van der Waals surface area contributed by atoms with Crippen molar-refractivity contribution >= 4 is 17.3 Å². The number of carbonyl (C=O) groups is 1. The topological polar surface area (TPSA) is 44.8 Å². The summed E-state index contributed by atoms with van der Waals surface area (Å²) in [5.41, 5.74) is 2.64. The van der Waals surface area contributed by atoms with Gasteiger partial charge in [-0.25, -0.2) is 0 Å². The van der Waals surface area contributed by atoms with Crippen LogP contribution in [0.2, 0.25) is 0 Å². The van der Waals surface area contributed by atoms with Gasteiger partial charge in [-0.2, -0.15) is 0 Å². The van der Waals surface area contributed by atoms with Crippen LogP contribution in [-0.2, 0) is 0 Å². The highest BCUT2D eigenvalue weighted by molar-refractivity contribution is 6.04. The molecule has 0 aromatic heterocycles. The first-order valence-electron chi connectivity index (χ1n) is 10.2. The zero-order chi connectivity index (χ0) is 19.8. The molecule has 3 rings (SSSR count). The molecule has 1 heterocycles. The number of rotatable bonds is 8. The van der Waals surface area contributed by atoms with Gasteiger partial charge in [0.05, 0.1) is 6.61 Å². The number of amides is 1. The maximum absolute atomic E-state index is 12.5. The second kappa shape index (κ2) is 10.1. The van der Waals surface area contributed by atoms with Crippen molar-refractivity contribution < 1.29 is 9.53 Å². The van der Waals surface area contributed by atoms with Gasteiger partial charge in [0, 0.05) is 43.1 Å². The van der Waals surface area contributed by atoms with Crippen LogP contribution in [-0.4, -0.2) is 50.6 Å². The summed E-state index contributed by atoms with van der Waals surface area (Å²) in [5.74, 6) is 0.703. The van der Waals surface area contributed by atoms with Crippen LogP contribution in [0.3, 0.4) is 0 Å². The fourth-order valence-electron chi connectivity index (χ4n) is 3.27. The Labute approximate surface area is 168 Å². The minimum absolute atomic E-state index is 0.107. The summed E-state index contributed by atoms with van der Waals surface area (Å²) in [6.45, 7) is 7.13. The van der Waals surface area contributed by atoms with Crippen molar-refractivity contribution in [1.29, 1.82) is 0 Å².